The van der Waals surface area contributed by atoms with Crippen LogP contribution in [0.15, 0.2) is 48.5 Å². The zero-order valence-electron chi connectivity index (χ0n) is 17.9. The number of piperazine rings is 1. The Balaban J connectivity index is 1.38. The van der Waals surface area contributed by atoms with Crippen LogP contribution in [0.5, 0.6) is 5.75 Å². The predicted octanol–water partition coefficient (Wildman–Crippen LogP) is 3.09. The molecule has 0 spiro atoms. The highest BCUT2D eigenvalue weighted by Gasteiger charge is 2.20. The van der Waals surface area contributed by atoms with Crippen molar-refractivity contribution in [3.05, 3.63) is 65.5 Å². The Morgan fingerprint density at radius 2 is 1.80 bits per heavy atom. The third-order valence-electron chi connectivity index (χ3n) is 5.58. The van der Waals surface area contributed by atoms with Crippen LogP contribution in [0, 0.1) is 5.82 Å². The number of methoxy groups -OCH3 is 1. The molecular weight excluding hydrogens is 381 g/mol. The molecule has 1 amide bonds. The maximum absolute atomic E-state index is 13.6. The van der Waals surface area contributed by atoms with Crippen molar-refractivity contribution in [1.29, 1.82) is 0 Å². The van der Waals surface area contributed by atoms with E-state index in [1.165, 1.54) is 17.7 Å². The summed E-state index contributed by atoms with van der Waals surface area (Å²) in [6.45, 7) is 6.47. The van der Waals surface area contributed by atoms with Gasteiger partial charge in [0.2, 0.25) is 5.91 Å². The average molecular weight is 414 g/mol. The van der Waals surface area contributed by atoms with Crippen LogP contribution in [-0.2, 0) is 17.8 Å². The molecule has 0 aromatic heterocycles. The zero-order valence-corrected chi connectivity index (χ0v) is 17.9. The maximum atomic E-state index is 13.6. The van der Waals surface area contributed by atoms with Crippen molar-refractivity contribution in [2.75, 3.05) is 39.8 Å². The first-order valence-corrected chi connectivity index (χ1v) is 10.6. The van der Waals surface area contributed by atoms with Gasteiger partial charge in [0.05, 0.1) is 13.7 Å². The van der Waals surface area contributed by atoms with Crippen molar-refractivity contribution < 1.29 is 13.9 Å². The zero-order chi connectivity index (χ0) is 21.3. The highest BCUT2D eigenvalue weighted by atomic mass is 19.1. The topological polar surface area (TPSA) is 44.8 Å². The molecule has 1 aliphatic heterocycles. The molecule has 162 valence electrons. The van der Waals surface area contributed by atoms with Gasteiger partial charge in [0.25, 0.3) is 0 Å². The summed E-state index contributed by atoms with van der Waals surface area (Å²) in [5.41, 5.74) is 2.15. The summed E-state index contributed by atoms with van der Waals surface area (Å²) in [4.78, 5) is 16.9. The molecule has 1 heterocycles. The number of carbonyl (C=O) groups is 1. The monoisotopic (exact) mass is 413 g/mol. The molecule has 0 unspecified atom stereocenters. The standard InChI is InChI=1S/C24H32FN3O2/c1-19(8-9-20-6-4-3-5-7-20)26-24(29)18-28-14-12-27(13-15-28)17-21-16-22(25)10-11-23(21)30-2/h3-7,10-11,16,19H,8-9,12-15,17-18H2,1-2H3,(H,26,29)/t19-/m0/s1. The fraction of sp³-hybridized carbons (Fsp3) is 0.458. The minimum Gasteiger partial charge on any atom is -0.496 e. The molecule has 1 saturated heterocycles. The van der Waals surface area contributed by atoms with Gasteiger partial charge in [-0.2, -0.15) is 0 Å². The van der Waals surface area contributed by atoms with Crippen LogP contribution in [0.25, 0.3) is 0 Å². The summed E-state index contributed by atoms with van der Waals surface area (Å²) < 4.78 is 18.9. The first kappa shape index (κ1) is 22.2. The lowest BCUT2D eigenvalue weighted by Crippen LogP contribution is -2.50. The fourth-order valence-electron chi connectivity index (χ4n) is 3.84. The number of hydrogen-bond acceptors (Lipinski definition) is 4. The fourth-order valence-corrected chi connectivity index (χ4v) is 3.84. The summed E-state index contributed by atoms with van der Waals surface area (Å²) >= 11 is 0. The molecule has 1 aliphatic rings. The molecule has 30 heavy (non-hydrogen) atoms. The van der Waals surface area contributed by atoms with Crippen LogP contribution < -0.4 is 10.1 Å². The van der Waals surface area contributed by atoms with E-state index in [1.54, 1.807) is 13.2 Å². The number of aryl methyl sites for hydroxylation is 1. The lowest BCUT2D eigenvalue weighted by atomic mass is 10.1. The van der Waals surface area contributed by atoms with E-state index in [0.29, 0.717) is 18.8 Å². The Morgan fingerprint density at radius 1 is 1.10 bits per heavy atom. The van der Waals surface area contributed by atoms with Gasteiger partial charge in [-0.25, -0.2) is 4.39 Å². The van der Waals surface area contributed by atoms with Gasteiger partial charge in [-0.15, -0.1) is 0 Å². The number of benzene rings is 2. The SMILES string of the molecule is COc1ccc(F)cc1CN1CCN(CC(=O)N[C@@H](C)CCc2ccccc2)CC1. The van der Waals surface area contributed by atoms with Crippen LogP contribution in [0.3, 0.4) is 0 Å². The second-order valence-electron chi connectivity index (χ2n) is 8.00. The minimum atomic E-state index is -0.248. The van der Waals surface area contributed by atoms with Crippen molar-refractivity contribution in [2.24, 2.45) is 0 Å². The summed E-state index contributed by atoms with van der Waals surface area (Å²) in [6, 6.07) is 15.1. The van der Waals surface area contributed by atoms with Crippen LogP contribution in [-0.4, -0.2) is 61.6 Å². The molecule has 2 aromatic carbocycles. The van der Waals surface area contributed by atoms with E-state index < -0.39 is 0 Å². The Bertz CT molecular complexity index is 807. The number of nitrogens with zero attached hydrogens (tertiary/aromatic N) is 2. The third-order valence-corrected chi connectivity index (χ3v) is 5.58. The lowest BCUT2D eigenvalue weighted by molar-refractivity contribution is -0.123. The molecule has 0 saturated carbocycles. The molecule has 3 rings (SSSR count). The van der Waals surface area contributed by atoms with Crippen molar-refractivity contribution >= 4 is 5.91 Å². The van der Waals surface area contributed by atoms with Crippen LogP contribution in [0.4, 0.5) is 4.39 Å². The van der Waals surface area contributed by atoms with Gasteiger partial charge >= 0.3 is 0 Å². The van der Waals surface area contributed by atoms with Gasteiger partial charge in [0, 0.05) is 44.3 Å². The van der Waals surface area contributed by atoms with E-state index >= 15 is 0 Å². The van der Waals surface area contributed by atoms with Gasteiger partial charge in [0.1, 0.15) is 11.6 Å². The number of carbonyl (C=O) groups excluding carboxylic acids is 1. The summed E-state index contributed by atoms with van der Waals surface area (Å²) in [6.07, 6.45) is 1.89. The number of halogens is 1. The van der Waals surface area contributed by atoms with Crippen molar-refractivity contribution in [2.45, 2.75) is 32.4 Å². The van der Waals surface area contributed by atoms with E-state index in [0.717, 1.165) is 44.6 Å². The minimum absolute atomic E-state index is 0.0795. The van der Waals surface area contributed by atoms with Crippen molar-refractivity contribution in [3.8, 4) is 5.75 Å². The molecule has 0 bridgehead atoms. The predicted molar refractivity (Wildman–Crippen MR) is 117 cm³/mol. The molecule has 2 aromatic rings. The summed E-state index contributed by atoms with van der Waals surface area (Å²) in [7, 11) is 1.61. The highest BCUT2D eigenvalue weighted by Crippen LogP contribution is 2.21. The Kier molecular flexibility index (Phi) is 8.22. The van der Waals surface area contributed by atoms with Gasteiger partial charge in [0.15, 0.2) is 0 Å². The van der Waals surface area contributed by atoms with E-state index in [4.69, 9.17) is 4.74 Å². The van der Waals surface area contributed by atoms with Gasteiger partial charge < -0.3 is 10.1 Å². The lowest BCUT2D eigenvalue weighted by Gasteiger charge is -2.34. The largest absolute Gasteiger partial charge is 0.496 e. The van der Waals surface area contributed by atoms with Crippen molar-refractivity contribution in [3.63, 3.8) is 0 Å². The average Bonchev–Trinajstić information content (AvgIpc) is 2.74. The van der Waals surface area contributed by atoms with E-state index in [-0.39, 0.29) is 17.8 Å². The number of rotatable bonds is 9. The first-order valence-electron chi connectivity index (χ1n) is 10.6. The van der Waals surface area contributed by atoms with Crippen LogP contribution >= 0.6 is 0 Å². The van der Waals surface area contributed by atoms with E-state index in [2.05, 4.69) is 34.2 Å². The van der Waals surface area contributed by atoms with E-state index in [9.17, 15) is 9.18 Å². The second-order valence-corrected chi connectivity index (χ2v) is 8.00. The number of nitrogens with one attached hydrogen (secondary N) is 1. The third kappa shape index (κ3) is 6.82. The number of ether oxygens (including phenoxy) is 1. The smallest absolute Gasteiger partial charge is 0.234 e. The summed E-state index contributed by atoms with van der Waals surface area (Å²) in [5.74, 6) is 0.543. The summed E-state index contributed by atoms with van der Waals surface area (Å²) in [5, 5.41) is 3.12. The number of amides is 1. The Labute approximate surface area is 178 Å². The molecule has 5 nitrogen and oxygen atoms in total. The molecular formula is C24H32FN3O2. The molecule has 1 atom stereocenters. The Hall–Kier alpha value is -2.44. The molecule has 1 N–H and O–H groups in total. The van der Waals surface area contributed by atoms with Gasteiger partial charge in [-0.1, -0.05) is 30.3 Å². The second kappa shape index (κ2) is 11.1. The highest BCUT2D eigenvalue weighted by molar-refractivity contribution is 5.78. The molecule has 6 heteroatoms. The number of hydrogen-bond donors (Lipinski definition) is 1. The molecule has 1 fully saturated rings. The van der Waals surface area contributed by atoms with Crippen LogP contribution in [0.2, 0.25) is 0 Å². The normalized spacial score (nSPS) is 16.2. The Morgan fingerprint density at radius 3 is 2.50 bits per heavy atom. The quantitative estimate of drug-likeness (QED) is 0.686. The first-order chi connectivity index (χ1) is 14.5. The van der Waals surface area contributed by atoms with Crippen molar-refractivity contribution in [1.82, 2.24) is 15.1 Å². The maximum Gasteiger partial charge on any atom is 0.234 e. The molecule has 0 aliphatic carbocycles. The molecule has 0 radical (unpaired) electrons. The van der Waals surface area contributed by atoms with Gasteiger partial charge in [-0.3, -0.25) is 14.6 Å². The van der Waals surface area contributed by atoms with Gasteiger partial charge in [-0.05, 0) is 43.5 Å². The van der Waals surface area contributed by atoms with Crippen LogP contribution in [0.1, 0.15) is 24.5 Å². The van der Waals surface area contributed by atoms with E-state index in [1.807, 2.05) is 18.2 Å².